The van der Waals surface area contributed by atoms with Crippen LogP contribution in [0.3, 0.4) is 0 Å². The Morgan fingerprint density at radius 1 is 1.19 bits per heavy atom. The summed E-state index contributed by atoms with van der Waals surface area (Å²) in [4.78, 5) is 14.7. The molecule has 2 heterocycles. The SMILES string of the molecule is Cc1ccc(NC(=O)C[C@@H](C)NC[C@H](c2ccco2)N2CCCC2)cc1. The van der Waals surface area contributed by atoms with Crippen LogP contribution in [-0.2, 0) is 4.79 Å². The second kappa shape index (κ2) is 9.01. The van der Waals surface area contributed by atoms with Gasteiger partial charge in [0, 0.05) is 24.7 Å². The van der Waals surface area contributed by atoms with E-state index in [9.17, 15) is 4.79 Å². The van der Waals surface area contributed by atoms with Crippen LogP contribution in [0.1, 0.15) is 43.6 Å². The maximum Gasteiger partial charge on any atom is 0.225 e. The van der Waals surface area contributed by atoms with Crippen molar-refractivity contribution in [3.8, 4) is 0 Å². The van der Waals surface area contributed by atoms with E-state index in [1.165, 1.54) is 18.4 Å². The van der Waals surface area contributed by atoms with E-state index in [1.54, 1.807) is 6.26 Å². The number of carbonyl (C=O) groups is 1. The van der Waals surface area contributed by atoms with E-state index in [-0.39, 0.29) is 18.0 Å². The van der Waals surface area contributed by atoms with Gasteiger partial charge in [0.2, 0.25) is 5.91 Å². The molecule has 2 aromatic rings. The number of aryl methyl sites for hydroxylation is 1. The Hall–Kier alpha value is -2.11. The van der Waals surface area contributed by atoms with Crippen LogP contribution >= 0.6 is 0 Å². The highest BCUT2D eigenvalue weighted by molar-refractivity contribution is 5.91. The Morgan fingerprint density at radius 3 is 2.58 bits per heavy atom. The highest BCUT2D eigenvalue weighted by Gasteiger charge is 2.25. The lowest BCUT2D eigenvalue weighted by Gasteiger charge is -2.27. The van der Waals surface area contributed by atoms with Crippen LogP contribution in [0.4, 0.5) is 5.69 Å². The average molecular weight is 355 g/mol. The molecule has 2 atom stereocenters. The van der Waals surface area contributed by atoms with Crippen molar-refractivity contribution in [3.05, 3.63) is 54.0 Å². The highest BCUT2D eigenvalue weighted by Crippen LogP contribution is 2.25. The third kappa shape index (κ3) is 5.19. The van der Waals surface area contributed by atoms with Crippen LogP contribution in [0, 0.1) is 6.92 Å². The minimum Gasteiger partial charge on any atom is -0.468 e. The monoisotopic (exact) mass is 355 g/mol. The zero-order valence-corrected chi connectivity index (χ0v) is 15.7. The van der Waals surface area contributed by atoms with Gasteiger partial charge in [0.1, 0.15) is 5.76 Å². The predicted molar refractivity (Wildman–Crippen MR) is 104 cm³/mol. The number of furan rings is 1. The van der Waals surface area contributed by atoms with E-state index in [4.69, 9.17) is 4.42 Å². The molecule has 5 heteroatoms. The zero-order chi connectivity index (χ0) is 18.4. The summed E-state index contributed by atoms with van der Waals surface area (Å²) >= 11 is 0. The summed E-state index contributed by atoms with van der Waals surface area (Å²) in [6.45, 7) is 7.09. The third-order valence-corrected chi connectivity index (χ3v) is 4.94. The first-order chi connectivity index (χ1) is 12.6. The molecule has 1 saturated heterocycles. The van der Waals surface area contributed by atoms with E-state index >= 15 is 0 Å². The van der Waals surface area contributed by atoms with E-state index < -0.39 is 0 Å². The number of nitrogens with one attached hydrogen (secondary N) is 2. The van der Waals surface area contributed by atoms with Crippen LogP contribution in [0.25, 0.3) is 0 Å². The molecule has 0 unspecified atom stereocenters. The largest absolute Gasteiger partial charge is 0.468 e. The lowest BCUT2D eigenvalue weighted by Crippen LogP contribution is -2.39. The Kier molecular flexibility index (Phi) is 6.47. The Morgan fingerprint density at radius 2 is 1.92 bits per heavy atom. The number of benzene rings is 1. The number of hydrogen-bond acceptors (Lipinski definition) is 4. The number of rotatable bonds is 8. The number of likely N-dealkylation sites (tertiary alicyclic amines) is 1. The topological polar surface area (TPSA) is 57.5 Å². The normalized spacial score (nSPS) is 17.2. The molecule has 1 fully saturated rings. The molecule has 0 radical (unpaired) electrons. The quantitative estimate of drug-likeness (QED) is 0.757. The van der Waals surface area contributed by atoms with Crippen LogP contribution in [0.15, 0.2) is 47.1 Å². The van der Waals surface area contributed by atoms with Crippen molar-refractivity contribution < 1.29 is 9.21 Å². The Bertz CT molecular complexity index is 676. The molecule has 1 aliphatic heterocycles. The summed E-state index contributed by atoms with van der Waals surface area (Å²) in [6, 6.07) is 12.2. The molecule has 3 rings (SSSR count). The Labute approximate surface area is 155 Å². The molecular formula is C21H29N3O2. The van der Waals surface area contributed by atoms with Crippen LogP contribution in [0.5, 0.6) is 0 Å². The lowest BCUT2D eigenvalue weighted by molar-refractivity contribution is -0.116. The van der Waals surface area contributed by atoms with Crippen molar-refractivity contribution >= 4 is 11.6 Å². The minimum atomic E-state index is 0.0320. The fraction of sp³-hybridized carbons (Fsp3) is 0.476. The summed E-state index contributed by atoms with van der Waals surface area (Å²) in [6.07, 6.45) is 4.66. The van der Waals surface area contributed by atoms with Crippen LogP contribution in [-0.4, -0.2) is 36.5 Å². The fourth-order valence-electron chi connectivity index (χ4n) is 3.46. The summed E-state index contributed by atoms with van der Waals surface area (Å²) in [5.41, 5.74) is 2.03. The van der Waals surface area contributed by atoms with Gasteiger partial charge in [-0.25, -0.2) is 0 Å². The van der Waals surface area contributed by atoms with Gasteiger partial charge in [-0.2, -0.15) is 0 Å². The first-order valence-corrected chi connectivity index (χ1v) is 9.49. The molecule has 1 amide bonds. The third-order valence-electron chi connectivity index (χ3n) is 4.94. The van der Waals surface area contributed by atoms with Gasteiger partial charge < -0.3 is 15.1 Å². The summed E-state index contributed by atoms with van der Waals surface area (Å²) in [7, 11) is 0. The van der Waals surface area contributed by atoms with Crippen molar-refractivity contribution in [1.82, 2.24) is 10.2 Å². The molecule has 0 spiro atoms. The zero-order valence-electron chi connectivity index (χ0n) is 15.7. The number of nitrogens with zero attached hydrogens (tertiary/aromatic N) is 1. The smallest absolute Gasteiger partial charge is 0.225 e. The van der Waals surface area contributed by atoms with Gasteiger partial charge in [0.15, 0.2) is 0 Å². The van der Waals surface area contributed by atoms with Gasteiger partial charge in [-0.15, -0.1) is 0 Å². The Balaban J connectivity index is 1.49. The molecule has 0 saturated carbocycles. The van der Waals surface area contributed by atoms with Crippen molar-refractivity contribution in [2.75, 3.05) is 25.0 Å². The molecule has 1 aliphatic rings. The number of carbonyl (C=O) groups excluding carboxylic acids is 1. The van der Waals surface area contributed by atoms with E-state index in [0.717, 1.165) is 31.1 Å². The number of anilines is 1. The molecule has 0 aliphatic carbocycles. The number of amides is 1. The van der Waals surface area contributed by atoms with E-state index in [1.807, 2.05) is 43.3 Å². The van der Waals surface area contributed by atoms with Crippen molar-refractivity contribution in [1.29, 1.82) is 0 Å². The summed E-state index contributed by atoms with van der Waals surface area (Å²) in [5.74, 6) is 1.03. The van der Waals surface area contributed by atoms with Crippen molar-refractivity contribution in [3.63, 3.8) is 0 Å². The first kappa shape index (κ1) is 18.7. The fourth-order valence-corrected chi connectivity index (χ4v) is 3.46. The molecule has 26 heavy (non-hydrogen) atoms. The number of hydrogen-bond donors (Lipinski definition) is 2. The summed E-state index contributed by atoms with van der Waals surface area (Å²) in [5, 5.41) is 6.47. The molecule has 2 N–H and O–H groups in total. The molecule has 0 bridgehead atoms. The molecular weight excluding hydrogens is 326 g/mol. The average Bonchev–Trinajstić information content (AvgIpc) is 3.31. The van der Waals surface area contributed by atoms with Gasteiger partial charge in [-0.1, -0.05) is 17.7 Å². The molecule has 140 valence electrons. The van der Waals surface area contributed by atoms with E-state index in [0.29, 0.717) is 6.42 Å². The van der Waals surface area contributed by atoms with Crippen molar-refractivity contribution in [2.45, 2.75) is 45.2 Å². The summed E-state index contributed by atoms with van der Waals surface area (Å²) < 4.78 is 5.65. The van der Waals surface area contributed by atoms with Crippen molar-refractivity contribution in [2.24, 2.45) is 0 Å². The van der Waals surface area contributed by atoms with Crippen LogP contribution in [0.2, 0.25) is 0 Å². The molecule has 5 nitrogen and oxygen atoms in total. The van der Waals surface area contributed by atoms with Gasteiger partial charge in [-0.3, -0.25) is 9.69 Å². The van der Waals surface area contributed by atoms with Crippen LogP contribution < -0.4 is 10.6 Å². The van der Waals surface area contributed by atoms with Gasteiger partial charge >= 0.3 is 0 Å². The van der Waals surface area contributed by atoms with Gasteiger partial charge in [-0.05, 0) is 64.0 Å². The minimum absolute atomic E-state index is 0.0320. The maximum atomic E-state index is 12.3. The van der Waals surface area contributed by atoms with Gasteiger partial charge in [0.25, 0.3) is 0 Å². The molecule has 1 aromatic heterocycles. The standard InChI is InChI=1S/C21H29N3O2/c1-16-7-9-18(10-8-16)23-21(25)14-17(2)22-15-19(20-6-5-13-26-20)24-11-3-4-12-24/h5-10,13,17,19,22H,3-4,11-12,14-15H2,1-2H3,(H,23,25)/t17-,19-/m1/s1. The van der Waals surface area contributed by atoms with Gasteiger partial charge in [0.05, 0.1) is 12.3 Å². The second-order valence-electron chi connectivity index (χ2n) is 7.20. The van der Waals surface area contributed by atoms with E-state index in [2.05, 4.69) is 22.5 Å². The second-order valence-corrected chi connectivity index (χ2v) is 7.20. The highest BCUT2D eigenvalue weighted by atomic mass is 16.3. The predicted octanol–water partition coefficient (Wildman–Crippen LogP) is 3.73. The maximum absolute atomic E-state index is 12.3. The molecule has 1 aromatic carbocycles. The first-order valence-electron chi connectivity index (χ1n) is 9.49. The lowest BCUT2D eigenvalue weighted by atomic mass is 10.1.